The molecule has 1 aliphatic heterocycles. The largest absolute Gasteiger partial charge is 0.462 e. The van der Waals surface area contributed by atoms with Crippen molar-refractivity contribution in [2.75, 3.05) is 5.01 Å². The molecule has 0 fully saturated rings. The SMILES string of the molecule is CCCC(=O)NN1c2ccccc2OC1c1cccc(C(F)(F)F)c1. The second-order valence-electron chi connectivity index (χ2n) is 5.72. The van der Waals surface area contributed by atoms with Crippen LogP contribution >= 0.6 is 0 Å². The zero-order valence-corrected chi connectivity index (χ0v) is 13.5. The van der Waals surface area contributed by atoms with E-state index in [0.29, 0.717) is 29.8 Å². The Hall–Kier alpha value is -2.70. The monoisotopic (exact) mass is 350 g/mol. The number of hydrogen-bond acceptors (Lipinski definition) is 3. The lowest BCUT2D eigenvalue weighted by atomic mass is 10.1. The van der Waals surface area contributed by atoms with Gasteiger partial charge in [-0.15, -0.1) is 0 Å². The van der Waals surface area contributed by atoms with Crippen molar-refractivity contribution in [3.8, 4) is 5.75 Å². The van der Waals surface area contributed by atoms with Crippen molar-refractivity contribution in [1.82, 2.24) is 5.43 Å². The van der Waals surface area contributed by atoms with Gasteiger partial charge < -0.3 is 4.74 Å². The van der Waals surface area contributed by atoms with E-state index in [9.17, 15) is 18.0 Å². The molecule has 1 aliphatic rings. The second kappa shape index (κ2) is 6.66. The van der Waals surface area contributed by atoms with Crippen LogP contribution in [0.3, 0.4) is 0 Å². The fraction of sp³-hybridized carbons (Fsp3) is 0.278. The van der Waals surface area contributed by atoms with Crippen molar-refractivity contribution in [2.24, 2.45) is 0 Å². The molecule has 0 aliphatic carbocycles. The molecule has 2 aromatic carbocycles. The fourth-order valence-corrected chi connectivity index (χ4v) is 2.68. The Balaban J connectivity index is 1.96. The summed E-state index contributed by atoms with van der Waals surface area (Å²) in [6.45, 7) is 1.87. The lowest BCUT2D eigenvalue weighted by Crippen LogP contribution is -2.43. The maximum atomic E-state index is 13.0. The number of ether oxygens (including phenoxy) is 1. The summed E-state index contributed by atoms with van der Waals surface area (Å²) in [5, 5.41) is 1.48. The van der Waals surface area contributed by atoms with E-state index >= 15 is 0 Å². The minimum absolute atomic E-state index is 0.222. The van der Waals surface area contributed by atoms with Gasteiger partial charge in [0.1, 0.15) is 11.4 Å². The van der Waals surface area contributed by atoms with Crippen LogP contribution in [0, 0.1) is 0 Å². The van der Waals surface area contributed by atoms with E-state index in [1.165, 1.54) is 11.1 Å². The number of halogens is 3. The van der Waals surface area contributed by atoms with Gasteiger partial charge in [0.25, 0.3) is 0 Å². The molecular weight excluding hydrogens is 333 g/mol. The summed E-state index contributed by atoms with van der Waals surface area (Å²) in [6.07, 6.45) is -4.33. The molecule has 1 atom stereocenters. The number of nitrogens with zero attached hydrogens (tertiary/aromatic N) is 1. The van der Waals surface area contributed by atoms with Gasteiger partial charge in [0.15, 0.2) is 0 Å². The van der Waals surface area contributed by atoms with Crippen LogP contribution in [0.2, 0.25) is 0 Å². The van der Waals surface area contributed by atoms with Gasteiger partial charge in [0.2, 0.25) is 12.1 Å². The molecule has 2 aromatic rings. The Kier molecular flexibility index (Phi) is 4.57. The van der Waals surface area contributed by atoms with Gasteiger partial charge in [-0.2, -0.15) is 13.2 Å². The van der Waals surface area contributed by atoms with Crippen LogP contribution in [0.15, 0.2) is 48.5 Å². The van der Waals surface area contributed by atoms with Crippen molar-refractivity contribution >= 4 is 11.6 Å². The zero-order chi connectivity index (χ0) is 18.0. The molecule has 1 heterocycles. The van der Waals surface area contributed by atoms with Gasteiger partial charge in [-0.25, -0.2) is 5.01 Å². The molecule has 1 amide bonds. The first-order chi connectivity index (χ1) is 11.9. The van der Waals surface area contributed by atoms with E-state index in [0.717, 1.165) is 12.1 Å². The highest BCUT2D eigenvalue weighted by molar-refractivity contribution is 5.79. The highest BCUT2D eigenvalue weighted by atomic mass is 19.4. The van der Waals surface area contributed by atoms with Crippen LogP contribution in [0.5, 0.6) is 5.75 Å². The Labute approximate surface area is 143 Å². The number of nitrogens with one attached hydrogen (secondary N) is 1. The molecule has 4 nitrogen and oxygen atoms in total. The normalized spacial score (nSPS) is 16.3. The van der Waals surface area contributed by atoms with E-state index in [1.807, 2.05) is 6.92 Å². The number of hydrogen-bond donors (Lipinski definition) is 1. The number of amides is 1. The number of alkyl halides is 3. The average Bonchev–Trinajstić information content (AvgIpc) is 2.93. The van der Waals surface area contributed by atoms with Gasteiger partial charge in [-0.1, -0.05) is 31.2 Å². The molecule has 7 heteroatoms. The highest BCUT2D eigenvalue weighted by Gasteiger charge is 2.36. The molecule has 0 spiro atoms. The summed E-state index contributed by atoms with van der Waals surface area (Å²) in [5.41, 5.74) is 2.89. The van der Waals surface area contributed by atoms with Gasteiger partial charge in [0, 0.05) is 12.0 Å². The molecule has 0 saturated heterocycles. The van der Waals surface area contributed by atoms with Crippen molar-refractivity contribution in [3.05, 3.63) is 59.7 Å². The molecule has 1 N–H and O–H groups in total. The maximum Gasteiger partial charge on any atom is 0.416 e. The Morgan fingerprint density at radius 2 is 1.96 bits per heavy atom. The van der Waals surface area contributed by atoms with Gasteiger partial charge >= 0.3 is 6.18 Å². The first kappa shape index (κ1) is 17.1. The predicted molar refractivity (Wildman–Crippen MR) is 86.8 cm³/mol. The minimum Gasteiger partial charge on any atom is -0.462 e. The number of para-hydroxylation sites is 2. The molecule has 1 unspecified atom stereocenters. The molecule has 3 rings (SSSR count). The van der Waals surface area contributed by atoms with Gasteiger partial charge in [0.05, 0.1) is 5.56 Å². The molecule has 0 bridgehead atoms. The number of carbonyl (C=O) groups is 1. The van der Waals surface area contributed by atoms with Crippen molar-refractivity contribution in [2.45, 2.75) is 32.2 Å². The number of carbonyl (C=O) groups excluding carboxylic acids is 1. The third kappa shape index (κ3) is 3.55. The quantitative estimate of drug-likeness (QED) is 0.887. The molecule has 0 radical (unpaired) electrons. The standard InChI is InChI=1S/C18H17F3N2O2/c1-2-6-16(24)22-23-14-9-3-4-10-15(14)25-17(23)12-7-5-8-13(11-12)18(19,20)21/h3-5,7-11,17H,2,6H2,1H3,(H,22,24). The number of hydrazine groups is 1. The van der Waals surface area contributed by atoms with Crippen LogP contribution in [-0.4, -0.2) is 5.91 Å². The van der Waals surface area contributed by atoms with E-state index in [4.69, 9.17) is 4.74 Å². The molecule has 132 valence electrons. The Morgan fingerprint density at radius 3 is 2.68 bits per heavy atom. The van der Waals surface area contributed by atoms with Crippen molar-refractivity contribution < 1.29 is 22.7 Å². The zero-order valence-electron chi connectivity index (χ0n) is 13.5. The summed E-state index contributed by atoms with van der Waals surface area (Å²) in [6, 6.07) is 11.9. The molecule has 0 saturated carbocycles. The van der Waals surface area contributed by atoms with Crippen LogP contribution in [0.25, 0.3) is 0 Å². The molecule has 25 heavy (non-hydrogen) atoms. The summed E-state index contributed by atoms with van der Waals surface area (Å²) >= 11 is 0. The first-order valence-corrected chi connectivity index (χ1v) is 7.91. The van der Waals surface area contributed by atoms with E-state index < -0.39 is 18.0 Å². The maximum absolute atomic E-state index is 13.0. The third-order valence-electron chi connectivity index (χ3n) is 3.82. The highest BCUT2D eigenvalue weighted by Crippen LogP contribution is 2.42. The minimum atomic E-state index is -4.45. The summed E-state index contributed by atoms with van der Waals surface area (Å²) < 4.78 is 44.8. The number of fused-ring (bicyclic) bond motifs is 1. The lowest BCUT2D eigenvalue weighted by Gasteiger charge is -2.26. The number of anilines is 1. The predicted octanol–water partition coefficient (Wildman–Crippen LogP) is 4.43. The third-order valence-corrected chi connectivity index (χ3v) is 3.82. The van der Waals surface area contributed by atoms with Crippen LogP contribution < -0.4 is 15.2 Å². The first-order valence-electron chi connectivity index (χ1n) is 7.91. The average molecular weight is 350 g/mol. The Bertz CT molecular complexity index is 777. The van der Waals surface area contributed by atoms with E-state index in [2.05, 4.69) is 5.43 Å². The fourth-order valence-electron chi connectivity index (χ4n) is 2.68. The van der Waals surface area contributed by atoms with Gasteiger partial charge in [-0.05, 0) is 30.7 Å². The van der Waals surface area contributed by atoms with Gasteiger partial charge in [-0.3, -0.25) is 10.2 Å². The van der Waals surface area contributed by atoms with E-state index in [-0.39, 0.29) is 5.91 Å². The lowest BCUT2D eigenvalue weighted by molar-refractivity contribution is -0.137. The second-order valence-corrected chi connectivity index (χ2v) is 5.72. The van der Waals surface area contributed by atoms with Crippen molar-refractivity contribution in [1.29, 1.82) is 0 Å². The van der Waals surface area contributed by atoms with Crippen LogP contribution in [0.4, 0.5) is 18.9 Å². The molecular formula is C18H17F3N2O2. The van der Waals surface area contributed by atoms with Crippen molar-refractivity contribution in [3.63, 3.8) is 0 Å². The summed E-state index contributed by atoms with van der Waals surface area (Å²) in [4.78, 5) is 12.0. The summed E-state index contributed by atoms with van der Waals surface area (Å²) in [7, 11) is 0. The van der Waals surface area contributed by atoms with Crippen LogP contribution in [0.1, 0.15) is 37.1 Å². The topological polar surface area (TPSA) is 41.6 Å². The van der Waals surface area contributed by atoms with E-state index in [1.54, 1.807) is 30.3 Å². The number of benzene rings is 2. The smallest absolute Gasteiger partial charge is 0.416 e. The Morgan fingerprint density at radius 1 is 1.20 bits per heavy atom. The molecule has 0 aromatic heterocycles. The summed E-state index contributed by atoms with van der Waals surface area (Å²) in [5.74, 6) is 0.279. The van der Waals surface area contributed by atoms with Crippen LogP contribution in [-0.2, 0) is 11.0 Å². The number of rotatable bonds is 4.